The molecule has 1 aliphatic carbocycles. The van der Waals surface area contributed by atoms with Gasteiger partial charge in [0.15, 0.2) is 5.69 Å². The predicted molar refractivity (Wildman–Crippen MR) is 109 cm³/mol. The quantitative estimate of drug-likeness (QED) is 0.850. The summed E-state index contributed by atoms with van der Waals surface area (Å²) in [6.45, 7) is 9.08. The topological polar surface area (TPSA) is 64.2 Å². The van der Waals surface area contributed by atoms with Gasteiger partial charge in [0, 0.05) is 30.9 Å². The molecule has 0 bridgehead atoms. The fourth-order valence-corrected chi connectivity index (χ4v) is 3.81. The van der Waals surface area contributed by atoms with Crippen molar-refractivity contribution in [3.8, 4) is 5.69 Å². The van der Waals surface area contributed by atoms with Gasteiger partial charge in [0.1, 0.15) is 0 Å². The van der Waals surface area contributed by atoms with Gasteiger partial charge in [-0.05, 0) is 57.1 Å². The molecule has 1 aromatic heterocycles. The number of amides is 1. The highest BCUT2D eigenvalue weighted by atomic mass is 16.2. The molecule has 0 saturated carbocycles. The Labute approximate surface area is 162 Å². The standard InChI is InChI=1S/C22H32N4O/c1-14(2)18(23)11-12-25(5)22(27)21-17-7-6-8-20(17)26(24-21)19-10-9-15(3)13-16(19)4/h9-10,13-14,18H,6-8,11-12,23H2,1-5H3. The Bertz CT molecular complexity index is 837. The molecule has 1 atom stereocenters. The molecule has 2 aromatic rings. The Balaban J connectivity index is 1.88. The minimum absolute atomic E-state index is 0.00706. The van der Waals surface area contributed by atoms with Crippen LogP contribution in [0.5, 0.6) is 0 Å². The first-order chi connectivity index (χ1) is 12.8. The van der Waals surface area contributed by atoms with E-state index in [1.54, 1.807) is 4.90 Å². The van der Waals surface area contributed by atoms with Crippen LogP contribution in [0.2, 0.25) is 0 Å². The number of benzene rings is 1. The molecule has 146 valence electrons. The first-order valence-electron chi connectivity index (χ1n) is 9.99. The minimum Gasteiger partial charge on any atom is -0.340 e. The molecule has 1 amide bonds. The average molecular weight is 369 g/mol. The molecule has 0 saturated heterocycles. The molecular weight excluding hydrogens is 336 g/mol. The van der Waals surface area contributed by atoms with Crippen molar-refractivity contribution in [3.63, 3.8) is 0 Å². The lowest BCUT2D eigenvalue weighted by Gasteiger charge is -2.21. The van der Waals surface area contributed by atoms with Gasteiger partial charge in [0.05, 0.1) is 5.69 Å². The highest BCUT2D eigenvalue weighted by molar-refractivity contribution is 5.94. The smallest absolute Gasteiger partial charge is 0.274 e. The second kappa shape index (κ2) is 7.85. The number of nitrogens with two attached hydrogens (primary N) is 1. The van der Waals surface area contributed by atoms with E-state index in [2.05, 4.69) is 45.9 Å². The maximum Gasteiger partial charge on any atom is 0.274 e. The fraction of sp³-hybridized carbons (Fsp3) is 0.545. The second-order valence-electron chi connectivity index (χ2n) is 8.25. The molecule has 27 heavy (non-hydrogen) atoms. The summed E-state index contributed by atoms with van der Waals surface area (Å²) in [5.41, 5.74) is 12.6. The van der Waals surface area contributed by atoms with E-state index >= 15 is 0 Å². The molecular formula is C22H32N4O. The summed E-state index contributed by atoms with van der Waals surface area (Å²) in [4.78, 5) is 14.9. The van der Waals surface area contributed by atoms with Gasteiger partial charge in [-0.15, -0.1) is 0 Å². The number of nitrogens with zero attached hydrogens (tertiary/aromatic N) is 3. The second-order valence-corrected chi connectivity index (χ2v) is 8.25. The van der Waals surface area contributed by atoms with Crippen LogP contribution < -0.4 is 5.73 Å². The molecule has 0 spiro atoms. The van der Waals surface area contributed by atoms with Gasteiger partial charge in [-0.3, -0.25) is 4.79 Å². The van der Waals surface area contributed by atoms with Crippen LogP contribution in [-0.2, 0) is 12.8 Å². The van der Waals surface area contributed by atoms with E-state index in [0.29, 0.717) is 18.2 Å². The van der Waals surface area contributed by atoms with E-state index in [1.807, 2.05) is 11.7 Å². The molecule has 2 N–H and O–H groups in total. The zero-order valence-electron chi connectivity index (χ0n) is 17.2. The van der Waals surface area contributed by atoms with Gasteiger partial charge in [0.2, 0.25) is 0 Å². The van der Waals surface area contributed by atoms with E-state index < -0.39 is 0 Å². The predicted octanol–water partition coefficient (Wildman–Crippen LogP) is 3.42. The molecule has 0 fully saturated rings. The van der Waals surface area contributed by atoms with Crippen LogP contribution in [-0.4, -0.2) is 40.2 Å². The molecule has 1 heterocycles. The number of aryl methyl sites for hydroxylation is 2. The number of aromatic nitrogens is 2. The Hall–Kier alpha value is -2.14. The van der Waals surface area contributed by atoms with Crippen LogP contribution in [0.4, 0.5) is 0 Å². The highest BCUT2D eigenvalue weighted by Crippen LogP contribution is 2.29. The van der Waals surface area contributed by atoms with Crippen LogP contribution in [0.3, 0.4) is 0 Å². The summed E-state index contributed by atoms with van der Waals surface area (Å²) in [6.07, 6.45) is 3.80. The van der Waals surface area contributed by atoms with Crippen molar-refractivity contribution in [2.45, 2.75) is 59.4 Å². The summed E-state index contributed by atoms with van der Waals surface area (Å²) in [6, 6.07) is 6.49. The number of fused-ring (bicyclic) bond motifs is 1. The third-order valence-electron chi connectivity index (χ3n) is 5.71. The van der Waals surface area contributed by atoms with Crippen LogP contribution in [0.15, 0.2) is 18.2 Å². The van der Waals surface area contributed by atoms with E-state index in [4.69, 9.17) is 10.8 Å². The summed E-state index contributed by atoms with van der Waals surface area (Å²) < 4.78 is 2.00. The zero-order valence-corrected chi connectivity index (χ0v) is 17.2. The Morgan fingerprint density at radius 1 is 1.30 bits per heavy atom. The van der Waals surface area contributed by atoms with Gasteiger partial charge >= 0.3 is 0 Å². The maximum atomic E-state index is 13.1. The van der Waals surface area contributed by atoms with Crippen molar-refractivity contribution < 1.29 is 4.79 Å². The molecule has 0 radical (unpaired) electrons. The lowest BCUT2D eigenvalue weighted by Crippen LogP contribution is -2.35. The van der Waals surface area contributed by atoms with Gasteiger partial charge in [-0.25, -0.2) is 4.68 Å². The van der Waals surface area contributed by atoms with Gasteiger partial charge in [0.25, 0.3) is 5.91 Å². The molecule has 3 rings (SSSR count). The van der Waals surface area contributed by atoms with Crippen molar-refractivity contribution in [2.24, 2.45) is 11.7 Å². The van der Waals surface area contributed by atoms with Crippen LogP contribution in [0, 0.1) is 19.8 Å². The summed E-state index contributed by atoms with van der Waals surface area (Å²) >= 11 is 0. The van der Waals surface area contributed by atoms with Crippen LogP contribution in [0.25, 0.3) is 5.69 Å². The molecule has 0 aliphatic heterocycles. The fourth-order valence-electron chi connectivity index (χ4n) is 3.81. The number of hydrogen-bond acceptors (Lipinski definition) is 3. The summed E-state index contributed by atoms with van der Waals surface area (Å²) in [5, 5.41) is 4.77. The van der Waals surface area contributed by atoms with Crippen LogP contribution >= 0.6 is 0 Å². The molecule has 5 heteroatoms. The largest absolute Gasteiger partial charge is 0.340 e. The van der Waals surface area contributed by atoms with Crippen molar-refractivity contribution in [2.75, 3.05) is 13.6 Å². The highest BCUT2D eigenvalue weighted by Gasteiger charge is 2.29. The maximum absolute atomic E-state index is 13.1. The molecule has 1 unspecified atom stereocenters. The Kier molecular flexibility index (Phi) is 5.70. The Morgan fingerprint density at radius 3 is 2.70 bits per heavy atom. The molecule has 1 aliphatic rings. The monoisotopic (exact) mass is 368 g/mol. The minimum atomic E-state index is 0.00706. The first kappa shape index (κ1) is 19.6. The number of carbonyl (C=O) groups excluding carboxylic acids is 1. The third kappa shape index (κ3) is 3.93. The summed E-state index contributed by atoms with van der Waals surface area (Å²) in [5.74, 6) is 0.425. The number of rotatable bonds is 6. The normalized spacial score (nSPS) is 14.5. The van der Waals surface area contributed by atoms with Gasteiger partial charge < -0.3 is 10.6 Å². The van der Waals surface area contributed by atoms with E-state index in [-0.39, 0.29) is 11.9 Å². The molecule has 5 nitrogen and oxygen atoms in total. The van der Waals surface area contributed by atoms with Crippen molar-refractivity contribution in [3.05, 3.63) is 46.3 Å². The molecule has 1 aromatic carbocycles. The Morgan fingerprint density at radius 2 is 2.04 bits per heavy atom. The van der Waals surface area contributed by atoms with Crippen LogP contribution in [0.1, 0.15) is 59.6 Å². The lowest BCUT2D eigenvalue weighted by molar-refractivity contribution is 0.0782. The lowest BCUT2D eigenvalue weighted by atomic mass is 10.0. The third-order valence-corrected chi connectivity index (χ3v) is 5.71. The van der Waals surface area contributed by atoms with Crippen molar-refractivity contribution in [1.29, 1.82) is 0 Å². The summed E-state index contributed by atoms with van der Waals surface area (Å²) in [7, 11) is 1.85. The van der Waals surface area contributed by atoms with Crippen molar-refractivity contribution >= 4 is 5.91 Å². The van der Waals surface area contributed by atoms with E-state index in [0.717, 1.165) is 36.9 Å². The SMILES string of the molecule is Cc1ccc(-n2nc(C(=O)N(C)CCC(N)C(C)C)c3c2CCC3)c(C)c1. The van der Waals surface area contributed by atoms with E-state index in [9.17, 15) is 4.79 Å². The van der Waals surface area contributed by atoms with E-state index in [1.165, 1.54) is 16.8 Å². The number of hydrogen-bond donors (Lipinski definition) is 1. The van der Waals surface area contributed by atoms with Crippen molar-refractivity contribution in [1.82, 2.24) is 14.7 Å². The van der Waals surface area contributed by atoms with Gasteiger partial charge in [-0.1, -0.05) is 31.5 Å². The zero-order chi connectivity index (χ0) is 19.7. The average Bonchev–Trinajstić information content (AvgIpc) is 3.21. The number of carbonyl (C=O) groups is 1. The first-order valence-corrected chi connectivity index (χ1v) is 9.99. The van der Waals surface area contributed by atoms with Gasteiger partial charge in [-0.2, -0.15) is 5.10 Å².